The van der Waals surface area contributed by atoms with Gasteiger partial charge in [0.25, 0.3) is 0 Å². The van der Waals surface area contributed by atoms with Gasteiger partial charge in [0.05, 0.1) is 48.2 Å². The smallest absolute Gasteiger partial charge is 0.410 e. The van der Waals surface area contributed by atoms with Gasteiger partial charge >= 0.3 is 6.09 Å². The van der Waals surface area contributed by atoms with Crippen LogP contribution >= 0.6 is 0 Å². The maximum absolute atomic E-state index is 12.6. The van der Waals surface area contributed by atoms with Crippen molar-refractivity contribution >= 4 is 17.1 Å². The summed E-state index contributed by atoms with van der Waals surface area (Å²) in [5.74, 6) is 0.417. The summed E-state index contributed by atoms with van der Waals surface area (Å²) < 4.78 is 14.0. The van der Waals surface area contributed by atoms with Crippen molar-refractivity contribution in [2.75, 3.05) is 19.7 Å². The van der Waals surface area contributed by atoms with E-state index in [0.29, 0.717) is 24.6 Å². The van der Waals surface area contributed by atoms with Gasteiger partial charge in [-0.1, -0.05) is 0 Å². The highest BCUT2D eigenvalue weighted by molar-refractivity contribution is 5.77. The number of hydrogen-bond acceptors (Lipinski definition) is 5. The molecule has 3 fully saturated rings. The zero-order chi connectivity index (χ0) is 20.6. The predicted octanol–water partition coefficient (Wildman–Crippen LogP) is 3.86. The highest BCUT2D eigenvalue weighted by atomic mass is 16.6. The van der Waals surface area contributed by atoms with Crippen LogP contribution in [0.25, 0.3) is 11.0 Å². The SMILES string of the molecule is N#Cc1ccc2ncn(CC3CCCC4(C3)CN(CC3CCCCO3)C(=O)O4)c2c1. The molecule has 0 bridgehead atoms. The van der Waals surface area contributed by atoms with E-state index in [0.717, 1.165) is 62.7 Å². The predicted molar refractivity (Wildman–Crippen MR) is 111 cm³/mol. The maximum atomic E-state index is 12.6. The second-order valence-corrected chi connectivity index (χ2v) is 9.09. The van der Waals surface area contributed by atoms with E-state index < -0.39 is 0 Å². The molecule has 1 spiro atoms. The molecule has 5 rings (SSSR count). The molecular weight excluding hydrogens is 380 g/mol. The van der Waals surface area contributed by atoms with Gasteiger partial charge in [0.2, 0.25) is 0 Å². The number of rotatable bonds is 4. The normalized spacial score (nSPS) is 29.3. The van der Waals surface area contributed by atoms with Crippen molar-refractivity contribution in [3.8, 4) is 6.07 Å². The van der Waals surface area contributed by atoms with Gasteiger partial charge in [-0.15, -0.1) is 0 Å². The summed E-state index contributed by atoms with van der Waals surface area (Å²) >= 11 is 0. The number of hydrogen-bond donors (Lipinski definition) is 0. The van der Waals surface area contributed by atoms with Crippen molar-refractivity contribution in [3.63, 3.8) is 0 Å². The van der Waals surface area contributed by atoms with Gasteiger partial charge in [-0.05, 0) is 69.1 Å². The van der Waals surface area contributed by atoms with Crippen molar-refractivity contribution < 1.29 is 14.3 Å². The molecular formula is C23H28N4O3. The molecule has 7 nitrogen and oxygen atoms in total. The van der Waals surface area contributed by atoms with Crippen molar-refractivity contribution in [1.82, 2.24) is 14.5 Å². The van der Waals surface area contributed by atoms with Crippen LogP contribution in [-0.2, 0) is 16.0 Å². The van der Waals surface area contributed by atoms with Gasteiger partial charge in [0.1, 0.15) is 5.60 Å². The van der Waals surface area contributed by atoms with Crippen LogP contribution in [0.5, 0.6) is 0 Å². The Labute approximate surface area is 176 Å². The van der Waals surface area contributed by atoms with E-state index in [2.05, 4.69) is 15.6 Å². The molecule has 3 aliphatic rings. The van der Waals surface area contributed by atoms with E-state index >= 15 is 0 Å². The molecule has 0 radical (unpaired) electrons. The minimum absolute atomic E-state index is 0.146. The summed E-state index contributed by atoms with van der Waals surface area (Å²) in [7, 11) is 0. The third-order valence-electron chi connectivity index (χ3n) is 6.85. The molecule has 1 saturated carbocycles. The standard InChI is InChI=1S/C23H28N4O3/c24-12-17-6-7-20-21(10-17)27(16-25-20)13-18-4-3-8-23(11-18)15-26(22(28)30-23)14-19-5-1-2-9-29-19/h6-7,10,16,18-19H,1-5,8-9,11,13-15H2. The minimum Gasteiger partial charge on any atom is -0.441 e. The molecule has 1 amide bonds. The Bertz CT molecular complexity index is 974. The summed E-state index contributed by atoms with van der Waals surface area (Å²) in [5.41, 5.74) is 2.18. The van der Waals surface area contributed by atoms with Crippen molar-refractivity contribution in [3.05, 3.63) is 30.1 Å². The van der Waals surface area contributed by atoms with Crippen LogP contribution in [0.4, 0.5) is 4.79 Å². The number of imidazole rings is 1. The summed E-state index contributed by atoms with van der Waals surface area (Å²) in [4.78, 5) is 18.9. The van der Waals surface area contributed by atoms with Crippen LogP contribution < -0.4 is 0 Å². The number of benzene rings is 1. The maximum Gasteiger partial charge on any atom is 0.410 e. The van der Waals surface area contributed by atoms with Crippen molar-refractivity contribution in [2.24, 2.45) is 5.92 Å². The summed E-state index contributed by atoms with van der Waals surface area (Å²) in [6, 6.07) is 7.82. The fourth-order valence-electron chi connectivity index (χ4n) is 5.42. The Hall–Kier alpha value is -2.59. The number of fused-ring (bicyclic) bond motifs is 1. The number of carbonyl (C=O) groups excluding carboxylic acids is 1. The topological polar surface area (TPSA) is 80.4 Å². The molecule has 1 aromatic carbocycles. The molecule has 3 heterocycles. The molecule has 3 unspecified atom stereocenters. The lowest BCUT2D eigenvalue weighted by Crippen LogP contribution is -2.42. The van der Waals surface area contributed by atoms with Gasteiger partial charge in [0, 0.05) is 13.2 Å². The lowest BCUT2D eigenvalue weighted by molar-refractivity contribution is -0.000135. The zero-order valence-corrected chi connectivity index (χ0v) is 17.3. The number of aromatic nitrogens is 2. The van der Waals surface area contributed by atoms with Crippen molar-refractivity contribution in [1.29, 1.82) is 5.26 Å². The fourth-order valence-corrected chi connectivity index (χ4v) is 5.42. The first-order valence-corrected chi connectivity index (χ1v) is 11.1. The third-order valence-corrected chi connectivity index (χ3v) is 6.85. The van der Waals surface area contributed by atoms with E-state index in [1.54, 1.807) is 6.07 Å². The lowest BCUT2D eigenvalue weighted by Gasteiger charge is -2.36. The number of carbonyl (C=O) groups is 1. The molecule has 1 aliphatic carbocycles. The van der Waals surface area contributed by atoms with E-state index in [1.807, 2.05) is 23.4 Å². The summed E-state index contributed by atoms with van der Waals surface area (Å²) in [6.07, 6.45) is 9.11. The first-order valence-electron chi connectivity index (χ1n) is 11.1. The number of amides is 1. The largest absolute Gasteiger partial charge is 0.441 e. The Kier molecular flexibility index (Phi) is 5.11. The molecule has 158 valence electrons. The van der Waals surface area contributed by atoms with Crippen LogP contribution in [-0.4, -0.2) is 51.9 Å². The fraction of sp³-hybridized carbons (Fsp3) is 0.609. The molecule has 2 aromatic rings. The van der Waals surface area contributed by atoms with Crippen LogP contribution in [0.3, 0.4) is 0 Å². The quantitative estimate of drug-likeness (QED) is 0.767. The number of ether oxygens (including phenoxy) is 2. The average Bonchev–Trinajstić information content (AvgIpc) is 3.29. The first kappa shape index (κ1) is 19.4. The van der Waals surface area contributed by atoms with E-state index in [9.17, 15) is 10.1 Å². The molecule has 7 heteroatoms. The molecule has 0 N–H and O–H groups in total. The molecule has 2 saturated heterocycles. The van der Waals surface area contributed by atoms with E-state index in [1.165, 1.54) is 6.42 Å². The average molecular weight is 409 g/mol. The van der Waals surface area contributed by atoms with Crippen molar-refractivity contribution in [2.45, 2.75) is 63.2 Å². The van der Waals surface area contributed by atoms with Crippen LogP contribution in [0.15, 0.2) is 24.5 Å². The lowest BCUT2D eigenvalue weighted by atomic mass is 9.78. The highest BCUT2D eigenvalue weighted by Crippen LogP contribution is 2.41. The summed E-state index contributed by atoms with van der Waals surface area (Å²) in [5, 5.41) is 9.21. The van der Waals surface area contributed by atoms with E-state index in [4.69, 9.17) is 9.47 Å². The molecule has 3 atom stereocenters. The number of nitriles is 1. The molecule has 1 aromatic heterocycles. The van der Waals surface area contributed by atoms with Crippen LogP contribution in [0.1, 0.15) is 50.5 Å². The Morgan fingerprint density at radius 2 is 2.17 bits per heavy atom. The molecule has 2 aliphatic heterocycles. The van der Waals surface area contributed by atoms with Gasteiger partial charge in [-0.3, -0.25) is 0 Å². The Morgan fingerprint density at radius 1 is 1.23 bits per heavy atom. The molecule has 30 heavy (non-hydrogen) atoms. The third kappa shape index (κ3) is 3.77. The summed E-state index contributed by atoms with van der Waals surface area (Å²) in [6.45, 7) is 2.95. The second kappa shape index (κ2) is 7.92. The Morgan fingerprint density at radius 3 is 3.00 bits per heavy atom. The number of nitrogens with zero attached hydrogens (tertiary/aromatic N) is 4. The minimum atomic E-state index is -0.372. The van der Waals surface area contributed by atoms with Crippen LogP contribution in [0.2, 0.25) is 0 Å². The second-order valence-electron chi connectivity index (χ2n) is 9.09. The first-order chi connectivity index (χ1) is 14.6. The van der Waals surface area contributed by atoms with Gasteiger partial charge in [-0.2, -0.15) is 5.26 Å². The Balaban J connectivity index is 1.27. The van der Waals surface area contributed by atoms with Gasteiger partial charge in [0.15, 0.2) is 0 Å². The monoisotopic (exact) mass is 408 g/mol. The van der Waals surface area contributed by atoms with Gasteiger partial charge < -0.3 is 18.9 Å². The van der Waals surface area contributed by atoms with Crippen LogP contribution in [0, 0.1) is 17.2 Å². The zero-order valence-electron chi connectivity index (χ0n) is 17.3. The van der Waals surface area contributed by atoms with Gasteiger partial charge in [-0.25, -0.2) is 9.78 Å². The highest BCUT2D eigenvalue weighted by Gasteiger charge is 2.48. The van der Waals surface area contributed by atoms with E-state index in [-0.39, 0.29) is 17.8 Å².